The summed E-state index contributed by atoms with van der Waals surface area (Å²) in [4.78, 5) is 14.5. The van der Waals surface area contributed by atoms with E-state index < -0.39 is 0 Å². The number of urea groups is 1. The molecule has 1 saturated heterocycles. The number of hydrogen-bond acceptors (Lipinski definition) is 1. The number of nitrogens with one attached hydrogen (secondary N) is 1. The minimum absolute atomic E-state index is 0.0620. The number of amides is 2. The summed E-state index contributed by atoms with van der Waals surface area (Å²) < 4.78 is 12.9. The topological polar surface area (TPSA) is 32.3 Å². The number of carbonyl (C=O) groups excluding carboxylic acids is 1. The monoisotopic (exact) mass is 290 g/mol. The number of nitrogens with zero attached hydrogens (tertiary/aromatic N) is 1. The molecule has 1 saturated carbocycles. The van der Waals surface area contributed by atoms with Gasteiger partial charge in [0, 0.05) is 18.3 Å². The van der Waals surface area contributed by atoms with E-state index in [1.807, 2.05) is 4.90 Å². The molecule has 1 N–H and O–H groups in total. The molecule has 0 spiro atoms. The fraction of sp³-hybridized carbons (Fsp3) is 0.588. The minimum Gasteiger partial charge on any atom is -0.321 e. The van der Waals surface area contributed by atoms with Gasteiger partial charge in [-0.05, 0) is 54.4 Å². The number of halogens is 1. The Labute approximate surface area is 125 Å². The van der Waals surface area contributed by atoms with E-state index in [2.05, 4.69) is 26.1 Å². The third-order valence-electron chi connectivity index (χ3n) is 4.77. The Morgan fingerprint density at radius 3 is 2.57 bits per heavy atom. The normalized spacial score (nSPS) is 30.3. The Bertz CT molecular complexity index is 554. The molecule has 0 aromatic heterocycles. The van der Waals surface area contributed by atoms with E-state index in [1.54, 1.807) is 12.1 Å². The smallest absolute Gasteiger partial charge is 0.321 e. The number of benzene rings is 1. The van der Waals surface area contributed by atoms with E-state index in [1.165, 1.54) is 12.1 Å². The van der Waals surface area contributed by atoms with Gasteiger partial charge in [-0.3, -0.25) is 0 Å². The zero-order valence-corrected chi connectivity index (χ0v) is 12.9. The highest BCUT2D eigenvalue weighted by Crippen LogP contribution is 2.52. The average Bonchev–Trinajstić information content (AvgIpc) is 2.61. The van der Waals surface area contributed by atoms with Gasteiger partial charge in [-0.15, -0.1) is 0 Å². The first kappa shape index (κ1) is 14.4. The quantitative estimate of drug-likeness (QED) is 0.823. The maximum absolute atomic E-state index is 12.9. The number of rotatable bonds is 1. The van der Waals surface area contributed by atoms with Gasteiger partial charge in [-0.2, -0.15) is 0 Å². The van der Waals surface area contributed by atoms with E-state index in [0.717, 1.165) is 25.8 Å². The summed E-state index contributed by atoms with van der Waals surface area (Å²) >= 11 is 0. The number of hydrogen-bond donors (Lipinski definition) is 1. The van der Waals surface area contributed by atoms with Crippen molar-refractivity contribution < 1.29 is 9.18 Å². The van der Waals surface area contributed by atoms with Gasteiger partial charge >= 0.3 is 6.03 Å². The third-order valence-corrected chi connectivity index (χ3v) is 4.77. The molecular formula is C17H23FN2O. The maximum atomic E-state index is 12.9. The zero-order valence-electron chi connectivity index (χ0n) is 12.9. The second-order valence-corrected chi connectivity index (χ2v) is 7.78. The predicted octanol–water partition coefficient (Wildman–Crippen LogP) is 4.26. The molecule has 2 aliphatic rings. The summed E-state index contributed by atoms with van der Waals surface area (Å²) in [7, 11) is 0. The molecule has 4 heteroatoms. The Kier molecular flexibility index (Phi) is 3.23. The summed E-state index contributed by atoms with van der Waals surface area (Å²) in [6.45, 7) is 7.68. The molecule has 1 aliphatic heterocycles. The van der Waals surface area contributed by atoms with Crippen molar-refractivity contribution in [2.24, 2.45) is 10.8 Å². The van der Waals surface area contributed by atoms with Crippen LogP contribution in [0.25, 0.3) is 0 Å². The molecule has 1 aliphatic carbocycles. The number of fused-ring (bicyclic) bond motifs is 2. The molecule has 21 heavy (non-hydrogen) atoms. The molecule has 1 heterocycles. The van der Waals surface area contributed by atoms with Crippen molar-refractivity contribution in [3.8, 4) is 0 Å². The molecule has 0 radical (unpaired) electrons. The first-order chi connectivity index (χ1) is 9.76. The fourth-order valence-electron chi connectivity index (χ4n) is 4.43. The lowest BCUT2D eigenvalue weighted by atomic mass is 9.65. The third kappa shape index (κ3) is 2.89. The molecule has 3 rings (SSSR count). The Balaban J connectivity index is 1.73. The lowest BCUT2D eigenvalue weighted by Gasteiger charge is -2.39. The SMILES string of the molecule is CC1(C)CC2CC(C)(CN2C(=O)Nc2ccc(F)cc2)C1. The molecule has 2 atom stereocenters. The molecule has 1 aromatic rings. The van der Waals surface area contributed by atoms with Crippen LogP contribution in [-0.4, -0.2) is 23.5 Å². The second kappa shape index (κ2) is 4.72. The number of carbonyl (C=O) groups is 1. The van der Waals surface area contributed by atoms with Crippen molar-refractivity contribution in [1.82, 2.24) is 4.90 Å². The Morgan fingerprint density at radius 2 is 1.90 bits per heavy atom. The van der Waals surface area contributed by atoms with E-state index in [4.69, 9.17) is 0 Å². The van der Waals surface area contributed by atoms with Crippen molar-refractivity contribution in [1.29, 1.82) is 0 Å². The van der Waals surface area contributed by atoms with Crippen LogP contribution in [0.1, 0.15) is 40.0 Å². The van der Waals surface area contributed by atoms with Gasteiger partial charge in [0.15, 0.2) is 0 Å². The van der Waals surface area contributed by atoms with E-state index in [-0.39, 0.29) is 17.3 Å². The van der Waals surface area contributed by atoms with Gasteiger partial charge in [-0.1, -0.05) is 20.8 Å². The predicted molar refractivity (Wildman–Crippen MR) is 81.7 cm³/mol. The van der Waals surface area contributed by atoms with Gasteiger partial charge in [0.05, 0.1) is 0 Å². The van der Waals surface area contributed by atoms with Crippen molar-refractivity contribution in [2.75, 3.05) is 11.9 Å². The van der Waals surface area contributed by atoms with Crippen LogP contribution in [0.3, 0.4) is 0 Å². The van der Waals surface area contributed by atoms with Crippen LogP contribution in [0, 0.1) is 16.6 Å². The van der Waals surface area contributed by atoms with E-state index >= 15 is 0 Å². The summed E-state index contributed by atoms with van der Waals surface area (Å²) in [5.41, 5.74) is 1.17. The van der Waals surface area contributed by atoms with E-state index in [9.17, 15) is 9.18 Å². The summed E-state index contributed by atoms with van der Waals surface area (Å²) in [6.07, 6.45) is 3.31. The van der Waals surface area contributed by atoms with Crippen LogP contribution < -0.4 is 5.32 Å². The molecular weight excluding hydrogens is 267 g/mol. The van der Waals surface area contributed by atoms with Crippen LogP contribution in [0.2, 0.25) is 0 Å². The van der Waals surface area contributed by atoms with Crippen LogP contribution in [0.15, 0.2) is 24.3 Å². The molecule has 2 amide bonds. The standard InChI is InChI=1S/C17H23FN2O/c1-16(2)8-14-9-17(3,10-16)11-20(14)15(21)19-13-6-4-12(18)5-7-13/h4-7,14H,8-11H2,1-3H3,(H,19,21). The van der Waals surface area contributed by atoms with Crippen LogP contribution >= 0.6 is 0 Å². The number of likely N-dealkylation sites (tertiary alicyclic amines) is 1. The van der Waals surface area contributed by atoms with Crippen LogP contribution in [0.4, 0.5) is 14.9 Å². The first-order valence-electron chi connectivity index (χ1n) is 7.60. The van der Waals surface area contributed by atoms with Gasteiger partial charge in [0.2, 0.25) is 0 Å². The first-order valence-corrected chi connectivity index (χ1v) is 7.60. The molecule has 2 unspecified atom stereocenters. The summed E-state index contributed by atoms with van der Waals surface area (Å²) in [6, 6.07) is 6.18. The highest BCUT2D eigenvalue weighted by atomic mass is 19.1. The summed E-state index contributed by atoms with van der Waals surface area (Å²) in [5.74, 6) is -0.292. The lowest BCUT2D eigenvalue weighted by Crippen LogP contribution is -2.40. The van der Waals surface area contributed by atoms with Gasteiger partial charge < -0.3 is 10.2 Å². The Morgan fingerprint density at radius 1 is 1.24 bits per heavy atom. The van der Waals surface area contributed by atoms with Gasteiger partial charge in [-0.25, -0.2) is 9.18 Å². The highest BCUT2D eigenvalue weighted by Gasteiger charge is 2.50. The van der Waals surface area contributed by atoms with Crippen molar-refractivity contribution in [2.45, 2.75) is 46.1 Å². The van der Waals surface area contributed by atoms with Crippen LogP contribution in [0.5, 0.6) is 0 Å². The largest absolute Gasteiger partial charge is 0.322 e. The molecule has 2 fully saturated rings. The highest BCUT2D eigenvalue weighted by molar-refractivity contribution is 5.89. The fourth-order valence-corrected chi connectivity index (χ4v) is 4.43. The molecule has 1 aromatic carbocycles. The summed E-state index contributed by atoms with van der Waals surface area (Å²) in [5, 5.41) is 2.89. The zero-order chi connectivity index (χ0) is 15.3. The maximum Gasteiger partial charge on any atom is 0.322 e. The molecule has 2 bridgehead atoms. The van der Waals surface area contributed by atoms with E-state index in [0.29, 0.717) is 17.1 Å². The van der Waals surface area contributed by atoms with Crippen molar-refractivity contribution in [3.63, 3.8) is 0 Å². The van der Waals surface area contributed by atoms with Crippen LogP contribution in [-0.2, 0) is 0 Å². The lowest BCUT2D eigenvalue weighted by molar-refractivity contribution is 0.130. The molecule has 3 nitrogen and oxygen atoms in total. The Hall–Kier alpha value is -1.58. The minimum atomic E-state index is -0.292. The van der Waals surface area contributed by atoms with Crippen molar-refractivity contribution in [3.05, 3.63) is 30.1 Å². The van der Waals surface area contributed by atoms with Gasteiger partial charge in [0.25, 0.3) is 0 Å². The number of anilines is 1. The average molecular weight is 290 g/mol. The molecule has 114 valence electrons. The van der Waals surface area contributed by atoms with Crippen molar-refractivity contribution >= 4 is 11.7 Å². The van der Waals surface area contributed by atoms with Gasteiger partial charge in [0.1, 0.15) is 5.82 Å². The second-order valence-electron chi connectivity index (χ2n) is 7.78.